The first-order chi connectivity index (χ1) is 62.9. The monoisotopic (exact) mass is 1730 g/mol. The van der Waals surface area contributed by atoms with Gasteiger partial charge in [0.05, 0.1) is 39.1 Å². The summed E-state index contributed by atoms with van der Waals surface area (Å²) in [6.45, 7) is 49.0. The van der Waals surface area contributed by atoms with Crippen molar-refractivity contribution in [3.63, 3.8) is 0 Å². The maximum absolute atomic E-state index is 2.78. The quantitative estimate of drug-likeness (QED) is 0.134. The average Bonchev–Trinajstić information content (AvgIpc) is 0.860. The Morgan fingerprint density at radius 2 is 0.500 bits per heavy atom. The van der Waals surface area contributed by atoms with Gasteiger partial charge in [-0.15, -0.1) is 0 Å². The minimum absolute atomic E-state index is 0.0877. The molecular weight excluding hydrogens is 1610 g/mol. The van der Waals surface area contributed by atoms with Crippen LogP contribution in [0.3, 0.4) is 0 Å². The number of para-hydroxylation sites is 2. The number of fused-ring (bicyclic) bond motifs is 14. The van der Waals surface area contributed by atoms with E-state index < -0.39 is 0 Å². The molecule has 5 nitrogen and oxygen atoms in total. The molecule has 4 aliphatic heterocycles. The summed E-state index contributed by atoms with van der Waals surface area (Å²) in [4.78, 5) is 10.7. The molecule has 0 saturated heterocycles. The third kappa shape index (κ3) is 13.9. The Labute approximate surface area is 786 Å². The molecule has 0 spiro atoms. The molecule has 0 aliphatic carbocycles. The molecule has 650 valence electrons. The van der Waals surface area contributed by atoms with Gasteiger partial charge < -0.3 is 23.8 Å². The predicted octanol–water partition coefficient (Wildman–Crippen LogP) is 30.5. The molecule has 0 atom stereocenters. The first-order valence-electron chi connectivity index (χ1n) is 47.6. The number of rotatable bonds is 9. The van der Waals surface area contributed by atoms with Crippen molar-refractivity contribution in [2.75, 3.05) is 14.7 Å². The van der Waals surface area contributed by atoms with Crippen LogP contribution >= 0.6 is 11.8 Å². The highest BCUT2D eigenvalue weighted by Crippen LogP contribution is 2.56. The van der Waals surface area contributed by atoms with E-state index in [9.17, 15) is 0 Å². The van der Waals surface area contributed by atoms with Crippen LogP contribution in [0.4, 0.5) is 51.2 Å². The molecule has 0 unspecified atom stereocenters. The summed E-state index contributed by atoms with van der Waals surface area (Å²) in [7, 11) is 0. The van der Waals surface area contributed by atoms with Gasteiger partial charge in [0.1, 0.15) is 0 Å². The fourth-order valence-electron chi connectivity index (χ4n) is 21.7. The lowest BCUT2D eigenvalue weighted by Gasteiger charge is -2.47. The van der Waals surface area contributed by atoms with Gasteiger partial charge in [0, 0.05) is 99.1 Å². The molecule has 22 rings (SSSR count). The van der Waals surface area contributed by atoms with Gasteiger partial charge in [0.25, 0.3) is 6.71 Å². The summed E-state index contributed by atoms with van der Waals surface area (Å²) >= 11 is 1.96. The molecule has 0 fully saturated rings. The van der Waals surface area contributed by atoms with E-state index in [-0.39, 0.29) is 51.3 Å². The highest BCUT2D eigenvalue weighted by Gasteiger charge is 2.50. The molecular formula is C124H117B2N5S. The normalized spacial score (nSPS) is 13.8. The summed E-state index contributed by atoms with van der Waals surface area (Å²) in [5.41, 5.74) is 42.3. The van der Waals surface area contributed by atoms with Gasteiger partial charge in [-0.1, -0.05) is 387 Å². The van der Waals surface area contributed by atoms with Gasteiger partial charge in [-0.25, -0.2) is 0 Å². The Bertz CT molecular complexity index is 7500. The van der Waals surface area contributed by atoms with Crippen LogP contribution in [0.15, 0.2) is 337 Å². The van der Waals surface area contributed by atoms with Crippen molar-refractivity contribution in [2.45, 2.75) is 193 Å². The zero-order chi connectivity index (χ0) is 91.7. The van der Waals surface area contributed by atoms with Crippen molar-refractivity contribution in [3.8, 4) is 55.9 Å². The molecule has 2 aromatic heterocycles. The third-order valence-electron chi connectivity index (χ3n) is 29.0. The standard InChI is InChI=1S/C124H117B2N5S/c1-118(2,3)80-48-56-87(57-49-80)127-106-68-85(123(16,17)18)50-58-98(106)125-100-74-101-112(75-108(100)131(117-92(78-40-30-24-31-41-78)46-35-47-93(117)79-42-32-25-33-43-79)110-71-88(70-109(127)114(110)125)128-102-60-52-81(119(4,5)6)64-94(102)95-65-82(120(7,8)9)53-61-103(95)128)132-113-73-89(129-104-62-54-83(121(10,11)12)66-96(104)97-67-84(122(13,14)15)55-63-105(97)129)72-111-115(113)126(101)99-59-51-86(124(19,20)21)69-107(99)130(111)116-90(76-36-26-22-27-37-76)44-34-45-91(116)77-38-28-23-29-39-77/h22-75H,1-21H3. The van der Waals surface area contributed by atoms with Crippen molar-refractivity contribution in [1.29, 1.82) is 0 Å². The van der Waals surface area contributed by atoms with Crippen LogP contribution in [0.2, 0.25) is 0 Å². The van der Waals surface area contributed by atoms with E-state index >= 15 is 0 Å². The summed E-state index contributed by atoms with van der Waals surface area (Å²) < 4.78 is 5.25. The highest BCUT2D eigenvalue weighted by atomic mass is 32.2. The Balaban J connectivity index is 0.907. The average molecular weight is 1730 g/mol. The molecule has 0 saturated carbocycles. The van der Waals surface area contributed by atoms with Gasteiger partial charge in [-0.05, 0) is 230 Å². The molecule has 0 radical (unpaired) electrons. The summed E-state index contributed by atoms with van der Waals surface area (Å²) in [6, 6.07) is 129. The first kappa shape index (κ1) is 84.5. The van der Waals surface area contributed by atoms with E-state index in [1.807, 2.05) is 11.8 Å². The second-order valence-corrected chi connectivity index (χ2v) is 46.1. The molecule has 0 N–H and O–H groups in total. The molecule has 16 aromatic carbocycles. The van der Waals surface area contributed by atoms with Crippen molar-refractivity contribution in [1.82, 2.24) is 9.13 Å². The summed E-state index contributed by atoms with van der Waals surface area (Å²) in [6.07, 6.45) is 0. The highest BCUT2D eigenvalue weighted by molar-refractivity contribution is 8.00. The van der Waals surface area contributed by atoms with Crippen LogP contribution in [-0.4, -0.2) is 22.6 Å². The lowest BCUT2D eigenvalue weighted by molar-refractivity contribution is 0.590. The third-order valence-corrected chi connectivity index (χ3v) is 30.2. The number of anilines is 9. The fourth-order valence-corrected chi connectivity index (χ4v) is 22.9. The first-order valence-corrected chi connectivity index (χ1v) is 48.4. The van der Waals surface area contributed by atoms with Crippen LogP contribution < -0.4 is 47.5 Å². The van der Waals surface area contributed by atoms with Crippen LogP contribution in [-0.2, 0) is 37.9 Å². The second kappa shape index (κ2) is 30.3. The largest absolute Gasteiger partial charge is 0.311 e. The van der Waals surface area contributed by atoms with Gasteiger partial charge in [0.2, 0.25) is 6.71 Å². The van der Waals surface area contributed by atoms with E-state index in [0.717, 1.165) is 90.0 Å². The Kier molecular flexibility index (Phi) is 19.4. The van der Waals surface area contributed by atoms with Gasteiger partial charge >= 0.3 is 0 Å². The molecule has 8 heteroatoms. The van der Waals surface area contributed by atoms with E-state index in [0.29, 0.717) is 0 Å². The number of hydrogen-bond donors (Lipinski definition) is 0. The predicted molar refractivity (Wildman–Crippen MR) is 572 cm³/mol. The van der Waals surface area contributed by atoms with E-state index in [4.69, 9.17) is 0 Å². The number of aromatic nitrogens is 2. The molecule has 6 heterocycles. The smallest absolute Gasteiger partial charge is 0.252 e. The second-order valence-electron chi connectivity index (χ2n) is 45.0. The zero-order valence-corrected chi connectivity index (χ0v) is 81.3. The van der Waals surface area contributed by atoms with Crippen molar-refractivity contribution < 1.29 is 0 Å². The molecule has 0 amide bonds. The van der Waals surface area contributed by atoms with Crippen LogP contribution in [0.5, 0.6) is 0 Å². The number of hydrogen-bond acceptors (Lipinski definition) is 4. The fraction of sp³-hybridized carbons (Fsp3) is 0.226. The minimum Gasteiger partial charge on any atom is -0.311 e. The van der Waals surface area contributed by atoms with Crippen molar-refractivity contribution in [2.24, 2.45) is 0 Å². The van der Waals surface area contributed by atoms with E-state index in [1.165, 1.54) is 142 Å². The van der Waals surface area contributed by atoms with Gasteiger partial charge in [-0.3, -0.25) is 0 Å². The molecule has 132 heavy (non-hydrogen) atoms. The Morgan fingerprint density at radius 1 is 0.205 bits per heavy atom. The van der Waals surface area contributed by atoms with Gasteiger partial charge in [-0.2, -0.15) is 0 Å². The lowest BCUT2D eigenvalue weighted by atomic mass is 9.31. The summed E-state index contributed by atoms with van der Waals surface area (Å²) in [5.74, 6) is 0. The maximum Gasteiger partial charge on any atom is 0.252 e. The lowest BCUT2D eigenvalue weighted by Crippen LogP contribution is -2.64. The van der Waals surface area contributed by atoms with E-state index in [2.05, 4.69) is 497 Å². The van der Waals surface area contributed by atoms with Crippen LogP contribution in [0.25, 0.3) is 99.5 Å². The SMILES string of the molecule is CC(C)(C)c1ccc(N2c3cc(C(C)(C)C)ccc3B3c4cc5c(cc4N(c4c(-c6ccccc6)cccc4-c4ccccc4)c4cc(-n6c7ccc(C(C)(C)C)cc7c7cc(C(C)(C)C)ccc76)cc2c43)Sc2cc(-n3c4ccc(C(C)(C)C)cc4c4cc(C(C)(C)C)ccc43)cc3c2B5c2ccc(C(C)(C)C)cc2N3c2c(-c3ccccc3)cccc2-c2ccccc2)cc1. The van der Waals surface area contributed by atoms with Gasteiger partial charge in [0.15, 0.2) is 0 Å². The van der Waals surface area contributed by atoms with Crippen LogP contribution in [0.1, 0.15) is 184 Å². The van der Waals surface area contributed by atoms with Crippen LogP contribution in [0, 0.1) is 0 Å². The molecule has 18 aromatic rings. The van der Waals surface area contributed by atoms with Crippen molar-refractivity contribution >= 4 is 153 Å². The van der Waals surface area contributed by atoms with Crippen molar-refractivity contribution in [3.05, 3.63) is 367 Å². The number of nitrogens with zero attached hydrogens (tertiary/aromatic N) is 5. The van der Waals surface area contributed by atoms with E-state index in [1.54, 1.807) is 0 Å². The number of benzene rings is 16. The minimum atomic E-state index is -0.282. The Hall–Kier alpha value is -13.0. The zero-order valence-electron chi connectivity index (χ0n) is 80.5. The molecule has 0 bridgehead atoms. The Morgan fingerprint density at radius 3 is 0.856 bits per heavy atom. The topological polar surface area (TPSA) is 19.6 Å². The maximum atomic E-state index is 2.78. The summed E-state index contributed by atoms with van der Waals surface area (Å²) in [5, 5.41) is 5.02. The molecule has 4 aliphatic rings.